The lowest BCUT2D eigenvalue weighted by Gasteiger charge is -2.16. The van der Waals surface area contributed by atoms with Crippen LogP contribution in [-0.2, 0) is 16.2 Å². The number of carbonyl (C=O) groups excluding carboxylic acids is 2. The minimum atomic E-state index is -0.756. The number of aromatic hydroxyl groups is 1. The van der Waals surface area contributed by atoms with Crippen LogP contribution < -0.4 is 14.2 Å². The zero-order chi connectivity index (χ0) is 22.7. The fraction of sp³-hybridized carbons (Fsp3) is 0.0435. The molecule has 2 amide bonds. The largest absolute Gasteiger partial charge is 0.505 e. The van der Waals surface area contributed by atoms with Gasteiger partial charge in [-0.1, -0.05) is 35.9 Å². The van der Waals surface area contributed by atoms with Crippen molar-refractivity contribution in [2.45, 2.75) is 6.61 Å². The van der Waals surface area contributed by atoms with Gasteiger partial charge in [0.25, 0.3) is 11.8 Å². The first kappa shape index (κ1) is 21.7. The first-order valence-corrected chi connectivity index (χ1v) is 10.6. The van der Waals surface area contributed by atoms with E-state index in [-0.39, 0.29) is 12.2 Å². The molecule has 1 heterocycles. The first-order chi connectivity index (χ1) is 15.4. The van der Waals surface area contributed by atoms with Crippen molar-refractivity contribution in [2.75, 3.05) is 0 Å². The van der Waals surface area contributed by atoms with Gasteiger partial charge in [0.15, 0.2) is 11.6 Å². The van der Waals surface area contributed by atoms with Gasteiger partial charge in [0.05, 0.1) is 12.1 Å². The van der Waals surface area contributed by atoms with Crippen LogP contribution >= 0.6 is 23.7 Å². The van der Waals surface area contributed by atoms with E-state index in [1.165, 1.54) is 18.2 Å². The zero-order valence-corrected chi connectivity index (χ0v) is 18.0. The van der Waals surface area contributed by atoms with Crippen molar-refractivity contribution in [1.29, 1.82) is 0 Å². The number of carbonyl (C=O) groups is 2. The summed E-state index contributed by atoms with van der Waals surface area (Å²) in [5.41, 5.74) is 2.37. The molecule has 1 aliphatic rings. The molecule has 0 unspecified atom stereocenters. The summed E-state index contributed by atoms with van der Waals surface area (Å²) in [4.78, 5) is 24.4. The van der Waals surface area contributed by atoms with Gasteiger partial charge >= 0.3 is 0 Å². The van der Waals surface area contributed by atoms with Crippen LogP contribution in [0.4, 0.5) is 4.39 Å². The van der Waals surface area contributed by atoms with Gasteiger partial charge in [-0.25, -0.2) is 4.39 Å². The minimum absolute atomic E-state index is 0.0888. The Kier molecular flexibility index (Phi) is 6.34. The maximum atomic E-state index is 13.9. The van der Waals surface area contributed by atoms with Crippen molar-refractivity contribution in [1.82, 2.24) is 9.44 Å². The molecule has 1 aliphatic heterocycles. The Labute approximate surface area is 192 Å². The molecule has 0 radical (unpaired) electrons. The van der Waals surface area contributed by atoms with E-state index in [2.05, 4.69) is 9.44 Å². The molecule has 9 heteroatoms. The smallest absolute Gasteiger partial charge is 0.268 e. The molecule has 0 atom stereocenters. The van der Waals surface area contributed by atoms with Gasteiger partial charge in [-0.2, -0.15) is 0 Å². The van der Waals surface area contributed by atoms with E-state index in [0.29, 0.717) is 27.5 Å². The van der Waals surface area contributed by atoms with Crippen LogP contribution in [0.1, 0.15) is 11.1 Å². The summed E-state index contributed by atoms with van der Waals surface area (Å²) < 4.78 is 24.7. The molecule has 0 aliphatic carbocycles. The summed E-state index contributed by atoms with van der Waals surface area (Å²) >= 11 is 6.71. The van der Waals surface area contributed by atoms with Gasteiger partial charge in [-0.15, -0.1) is 0 Å². The number of hydrogen-bond acceptors (Lipinski definition) is 5. The van der Waals surface area contributed by atoms with E-state index in [9.17, 15) is 19.1 Å². The SMILES string of the molecule is O=C1NSNC(=O)C1=Cc1cc(-c2ccc(O)c(F)c2)ccc1OCc1ccc(Cl)cc1. The van der Waals surface area contributed by atoms with Gasteiger partial charge < -0.3 is 9.84 Å². The number of nitrogens with one attached hydrogen (secondary N) is 2. The van der Waals surface area contributed by atoms with Crippen LogP contribution in [0.3, 0.4) is 0 Å². The fourth-order valence-electron chi connectivity index (χ4n) is 3.02. The van der Waals surface area contributed by atoms with E-state index in [0.717, 1.165) is 17.7 Å². The summed E-state index contributed by atoms with van der Waals surface area (Å²) in [5.74, 6) is -1.86. The van der Waals surface area contributed by atoms with E-state index in [1.54, 1.807) is 36.4 Å². The normalized spacial score (nSPS) is 13.4. The number of benzene rings is 3. The molecule has 1 saturated heterocycles. The second-order valence-corrected chi connectivity index (χ2v) is 7.91. The van der Waals surface area contributed by atoms with Crippen LogP contribution in [-0.4, -0.2) is 16.9 Å². The zero-order valence-electron chi connectivity index (χ0n) is 16.4. The number of halogens is 2. The van der Waals surface area contributed by atoms with Crippen LogP contribution in [0.5, 0.6) is 11.5 Å². The Balaban J connectivity index is 1.72. The molecule has 0 aromatic heterocycles. The van der Waals surface area contributed by atoms with Gasteiger partial charge in [-0.05, 0) is 59.2 Å². The van der Waals surface area contributed by atoms with E-state index in [1.807, 2.05) is 12.1 Å². The summed E-state index contributed by atoms with van der Waals surface area (Å²) in [7, 11) is 0. The van der Waals surface area contributed by atoms with Crippen LogP contribution in [0, 0.1) is 5.82 Å². The maximum Gasteiger partial charge on any atom is 0.268 e. The summed E-state index contributed by atoms with van der Waals surface area (Å²) in [5, 5.41) is 10.1. The van der Waals surface area contributed by atoms with Crippen molar-refractivity contribution in [3.8, 4) is 22.6 Å². The highest BCUT2D eigenvalue weighted by Gasteiger charge is 2.24. The molecule has 162 valence electrons. The summed E-state index contributed by atoms with van der Waals surface area (Å²) in [6.45, 7) is 0.231. The Morgan fingerprint density at radius 3 is 2.31 bits per heavy atom. The molecule has 32 heavy (non-hydrogen) atoms. The molecule has 4 rings (SSSR count). The van der Waals surface area contributed by atoms with Crippen LogP contribution in [0.2, 0.25) is 5.02 Å². The number of ether oxygens (including phenoxy) is 1. The van der Waals surface area contributed by atoms with E-state index >= 15 is 0 Å². The van der Waals surface area contributed by atoms with Crippen molar-refractivity contribution in [2.24, 2.45) is 0 Å². The monoisotopic (exact) mass is 470 g/mol. The van der Waals surface area contributed by atoms with Crippen molar-refractivity contribution >= 4 is 41.6 Å². The lowest BCUT2D eigenvalue weighted by Crippen LogP contribution is -2.37. The Bertz CT molecular complexity index is 1210. The third kappa shape index (κ3) is 4.87. The molecule has 0 bridgehead atoms. The van der Waals surface area contributed by atoms with Gasteiger partial charge in [0, 0.05) is 10.6 Å². The number of phenols is 1. The average molecular weight is 471 g/mol. The lowest BCUT2D eigenvalue weighted by atomic mass is 10.0. The molecule has 6 nitrogen and oxygen atoms in total. The van der Waals surface area contributed by atoms with E-state index in [4.69, 9.17) is 16.3 Å². The topological polar surface area (TPSA) is 87.7 Å². The third-order valence-electron chi connectivity index (χ3n) is 4.67. The molecule has 0 saturated carbocycles. The van der Waals surface area contributed by atoms with Crippen LogP contribution in [0.15, 0.2) is 66.2 Å². The molecule has 3 aromatic carbocycles. The predicted octanol–water partition coefficient (Wildman–Crippen LogP) is 4.62. The molecule has 3 aromatic rings. The summed E-state index contributed by atoms with van der Waals surface area (Å²) in [6.07, 6.45) is 1.42. The predicted molar refractivity (Wildman–Crippen MR) is 121 cm³/mol. The molecular weight excluding hydrogens is 455 g/mol. The number of phenolic OH excluding ortho intramolecular Hbond substituents is 1. The van der Waals surface area contributed by atoms with Crippen molar-refractivity contribution < 1.29 is 23.8 Å². The Hall–Kier alpha value is -3.49. The van der Waals surface area contributed by atoms with Gasteiger partial charge in [0.2, 0.25) is 0 Å². The minimum Gasteiger partial charge on any atom is -0.505 e. The highest BCUT2D eigenvalue weighted by atomic mass is 35.5. The molecule has 1 fully saturated rings. The second kappa shape index (κ2) is 9.33. The van der Waals surface area contributed by atoms with E-state index < -0.39 is 23.4 Å². The van der Waals surface area contributed by atoms with Gasteiger partial charge in [0.1, 0.15) is 17.9 Å². The first-order valence-electron chi connectivity index (χ1n) is 9.39. The third-order valence-corrected chi connectivity index (χ3v) is 5.50. The van der Waals surface area contributed by atoms with Crippen LogP contribution in [0.25, 0.3) is 17.2 Å². The molecule has 3 N–H and O–H groups in total. The highest BCUT2D eigenvalue weighted by Crippen LogP contribution is 2.31. The second-order valence-electron chi connectivity index (χ2n) is 6.86. The van der Waals surface area contributed by atoms with Crippen molar-refractivity contribution in [3.63, 3.8) is 0 Å². The molecular formula is C23H16ClFN2O4S. The Morgan fingerprint density at radius 2 is 1.62 bits per heavy atom. The standard InChI is InChI=1S/C23H16ClFN2O4S/c24-17-5-1-13(2-6-17)12-31-21-8-4-14(15-3-7-20(28)19(25)11-15)9-16(21)10-18-22(29)26-32-27-23(18)30/h1-11,28H,12H2,(H,26,29)(H,27,30). The number of amides is 2. The van der Waals surface area contributed by atoms with Crippen molar-refractivity contribution in [3.05, 3.63) is 88.2 Å². The fourth-order valence-corrected chi connectivity index (χ4v) is 3.60. The Morgan fingerprint density at radius 1 is 0.969 bits per heavy atom. The quantitative estimate of drug-likeness (QED) is 0.287. The number of hydrogen-bond donors (Lipinski definition) is 3. The van der Waals surface area contributed by atoms with Gasteiger partial charge in [-0.3, -0.25) is 19.0 Å². The molecule has 0 spiro atoms. The number of rotatable bonds is 5. The summed E-state index contributed by atoms with van der Waals surface area (Å²) in [6, 6.07) is 16.3. The maximum absolute atomic E-state index is 13.9. The lowest BCUT2D eigenvalue weighted by molar-refractivity contribution is -0.122. The average Bonchev–Trinajstić information content (AvgIpc) is 2.78. The highest BCUT2D eigenvalue weighted by molar-refractivity contribution is 7.96.